The molecule has 3 rings (SSSR count). The molecule has 0 unspecified atom stereocenters. The third-order valence-corrected chi connectivity index (χ3v) is 3.82. The summed E-state index contributed by atoms with van der Waals surface area (Å²) in [6, 6.07) is 7.58. The van der Waals surface area contributed by atoms with Crippen LogP contribution in [-0.2, 0) is 17.8 Å². The van der Waals surface area contributed by atoms with Gasteiger partial charge in [0.05, 0.1) is 27.2 Å². The zero-order chi connectivity index (χ0) is 16.2. The van der Waals surface area contributed by atoms with Crippen molar-refractivity contribution in [1.82, 2.24) is 9.88 Å². The molecule has 1 aliphatic rings. The van der Waals surface area contributed by atoms with Crippen LogP contribution >= 0.6 is 0 Å². The highest BCUT2D eigenvalue weighted by atomic mass is 16.5. The summed E-state index contributed by atoms with van der Waals surface area (Å²) in [5, 5.41) is 0. The number of pyridine rings is 1. The van der Waals surface area contributed by atoms with Gasteiger partial charge in [-0.2, -0.15) is 0 Å². The first-order valence-corrected chi connectivity index (χ1v) is 7.32. The van der Waals surface area contributed by atoms with Gasteiger partial charge in [0.1, 0.15) is 0 Å². The smallest absolute Gasteiger partial charge is 0.231 e. The Morgan fingerprint density at radius 3 is 2.70 bits per heavy atom. The topological polar surface area (TPSA) is 51.7 Å². The van der Waals surface area contributed by atoms with E-state index in [4.69, 9.17) is 9.47 Å². The van der Waals surface area contributed by atoms with Gasteiger partial charge in [-0.15, -0.1) is 0 Å². The normalized spacial score (nSPS) is 13.5. The highest BCUT2D eigenvalue weighted by Gasteiger charge is 2.19. The Labute approximate surface area is 135 Å². The van der Waals surface area contributed by atoms with Crippen molar-refractivity contribution in [3.05, 3.63) is 59.5 Å². The molecule has 23 heavy (non-hydrogen) atoms. The van der Waals surface area contributed by atoms with Crippen LogP contribution in [0, 0.1) is 0 Å². The molecule has 5 nitrogen and oxygen atoms in total. The summed E-state index contributed by atoms with van der Waals surface area (Å²) in [6.07, 6.45) is 7.55. The second-order valence-electron chi connectivity index (χ2n) is 5.28. The molecule has 0 spiro atoms. The molecule has 0 N–H and O–H groups in total. The predicted octanol–water partition coefficient (Wildman–Crippen LogP) is 2.65. The lowest BCUT2D eigenvalue weighted by Crippen LogP contribution is -2.25. The quantitative estimate of drug-likeness (QED) is 0.871. The summed E-state index contributed by atoms with van der Waals surface area (Å²) in [5.41, 5.74) is 2.88. The highest BCUT2D eigenvalue weighted by molar-refractivity contribution is 5.84. The lowest BCUT2D eigenvalue weighted by atomic mass is 10.0. The van der Waals surface area contributed by atoms with Gasteiger partial charge >= 0.3 is 0 Å². The molecule has 5 heteroatoms. The van der Waals surface area contributed by atoms with Gasteiger partial charge in [-0.1, -0.05) is 6.07 Å². The number of benzene rings is 1. The Kier molecular flexibility index (Phi) is 4.28. The fraction of sp³-hybridized carbons (Fsp3) is 0.222. The van der Waals surface area contributed by atoms with E-state index in [9.17, 15) is 4.79 Å². The molecular weight excluding hydrogens is 292 g/mol. The van der Waals surface area contributed by atoms with Gasteiger partial charge < -0.3 is 14.4 Å². The number of carbonyl (C=O) groups excluding carboxylic acids is 1. The molecule has 2 aromatic rings. The number of nitrogens with zero attached hydrogens (tertiary/aromatic N) is 2. The zero-order valence-electron chi connectivity index (χ0n) is 13.2. The monoisotopic (exact) mass is 310 g/mol. The molecule has 0 radical (unpaired) electrons. The van der Waals surface area contributed by atoms with E-state index in [1.54, 1.807) is 31.5 Å². The van der Waals surface area contributed by atoms with E-state index in [1.165, 1.54) is 0 Å². The first kappa shape index (κ1) is 15.1. The van der Waals surface area contributed by atoms with E-state index in [0.717, 1.165) is 16.7 Å². The summed E-state index contributed by atoms with van der Waals surface area (Å²) in [4.78, 5) is 18.3. The van der Waals surface area contributed by atoms with Crippen LogP contribution in [0.25, 0.3) is 6.08 Å². The van der Waals surface area contributed by atoms with Crippen molar-refractivity contribution >= 4 is 12.0 Å². The van der Waals surface area contributed by atoms with Gasteiger partial charge in [-0.05, 0) is 41.0 Å². The second-order valence-corrected chi connectivity index (χ2v) is 5.28. The van der Waals surface area contributed by atoms with E-state index in [0.29, 0.717) is 24.5 Å². The SMILES string of the molecule is COc1cc2c(cc1OC)CC(=O)N(Cc1cccnc1)C=C2. The van der Waals surface area contributed by atoms with Crippen molar-refractivity contribution in [2.24, 2.45) is 0 Å². The average molecular weight is 310 g/mol. The summed E-state index contributed by atoms with van der Waals surface area (Å²) in [5.74, 6) is 1.33. The maximum absolute atomic E-state index is 12.5. The average Bonchev–Trinajstić information content (AvgIpc) is 2.73. The lowest BCUT2D eigenvalue weighted by molar-refractivity contribution is -0.128. The first-order valence-electron chi connectivity index (χ1n) is 7.32. The van der Waals surface area contributed by atoms with E-state index in [2.05, 4.69) is 4.98 Å². The van der Waals surface area contributed by atoms with Gasteiger partial charge in [0.15, 0.2) is 11.5 Å². The van der Waals surface area contributed by atoms with Crippen molar-refractivity contribution < 1.29 is 14.3 Å². The van der Waals surface area contributed by atoms with Gasteiger partial charge in [0, 0.05) is 18.6 Å². The molecule has 0 atom stereocenters. The van der Waals surface area contributed by atoms with Crippen LogP contribution in [0.3, 0.4) is 0 Å². The molecular formula is C18H18N2O3. The van der Waals surface area contributed by atoms with E-state index >= 15 is 0 Å². The van der Waals surface area contributed by atoms with Crippen LogP contribution in [0.5, 0.6) is 11.5 Å². The fourth-order valence-electron chi connectivity index (χ4n) is 2.59. The number of hydrogen-bond donors (Lipinski definition) is 0. The molecule has 1 aromatic heterocycles. The molecule has 2 heterocycles. The van der Waals surface area contributed by atoms with E-state index in [-0.39, 0.29) is 5.91 Å². The number of hydrogen-bond acceptors (Lipinski definition) is 4. The number of aromatic nitrogens is 1. The van der Waals surface area contributed by atoms with Crippen LogP contribution < -0.4 is 9.47 Å². The third-order valence-electron chi connectivity index (χ3n) is 3.82. The number of amides is 1. The Morgan fingerprint density at radius 2 is 2.00 bits per heavy atom. The lowest BCUT2D eigenvalue weighted by Gasteiger charge is -2.17. The molecule has 1 amide bonds. The minimum atomic E-state index is 0.0380. The van der Waals surface area contributed by atoms with Crippen molar-refractivity contribution in [3.63, 3.8) is 0 Å². The Bertz CT molecular complexity index is 741. The number of carbonyl (C=O) groups is 1. The molecule has 0 bridgehead atoms. The van der Waals surface area contributed by atoms with Crippen LogP contribution in [0.1, 0.15) is 16.7 Å². The Balaban J connectivity index is 1.89. The van der Waals surface area contributed by atoms with E-state index in [1.807, 2.05) is 36.5 Å². The van der Waals surface area contributed by atoms with Crippen LogP contribution in [0.4, 0.5) is 0 Å². The van der Waals surface area contributed by atoms with Crippen LogP contribution in [0.2, 0.25) is 0 Å². The summed E-state index contributed by atoms with van der Waals surface area (Å²) >= 11 is 0. The molecule has 118 valence electrons. The van der Waals surface area contributed by atoms with Crippen LogP contribution in [0.15, 0.2) is 42.9 Å². The molecule has 0 saturated heterocycles. The third kappa shape index (κ3) is 3.18. The standard InChI is InChI=1S/C18H18N2O3/c1-22-16-8-14-5-7-20(12-13-4-3-6-19-11-13)18(21)10-15(14)9-17(16)23-2/h3-9,11H,10,12H2,1-2H3. The molecule has 1 aliphatic heterocycles. The summed E-state index contributed by atoms with van der Waals surface area (Å²) < 4.78 is 10.6. The van der Waals surface area contributed by atoms with Gasteiger partial charge in [0.2, 0.25) is 5.91 Å². The van der Waals surface area contributed by atoms with Gasteiger partial charge in [-0.3, -0.25) is 9.78 Å². The van der Waals surface area contributed by atoms with Gasteiger partial charge in [0.25, 0.3) is 0 Å². The van der Waals surface area contributed by atoms with Crippen molar-refractivity contribution in [2.45, 2.75) is 13.0 Å². The van der Waals surface area contributed by atoms with Crippen molar-refractivity contribution in [2.75, 3.05) is 14.2 Å². The molecule has 0 saturated carbocycles. The van der Waals surface area contributed by atoms with Crippen LogP contribution in [-0.4, -0.2) is 30.0 Å². The van der Waals surface area contributed by atoms with E-state index < -0.39 is 0 Å². The van der Waals surface area contributed by atoms with Gasteiger partial charge in [-0.25, -0.2) is 0 Å². The van der Waals surface area contributed by atoms with Crippen molar-refractivity contribution in [3.8, 4) is 11.5 Å². The fourth-order valence-corrected chi connectivity index (χ4v) is 2.59. The number of rotatable bonds is 4. The predicted molar refractivity (Wildman–Crippen MR) is 87.1 cm³/mol. The minimum Gasteiger partial charge on any atom is -0.493 e. The number of ether oxygens (including phenoxy) is 2. The molecule has 0 aliphatic carbocycles. The second kappa shape index (κ2) is 6.52. The van der Waals surface area contributed by atoms with Crippen molar-refractivity contribution in [1.29, 1.82) is 0 Å². The zero-order valence-corrected chi connectivity index (χ0v) is 13.2. The maximum Gasteiger partial charge on any atom is 0.231 e. The number of fused-ring (bicyclic) bond motifs is 1. The summed E-state index contributed by atoms with van der Waals surface area (Å²) in [6.45, 7) is 0.505. The summed E-state index contributed by atoms with van der Waals surface area (Å²) in [7, 11) is 3.19. The highest BCUT2D eigenvalue weighted by Crippen LogP contribution is 2.32. The first-order chi connectivity index (χ1) is 11.2. The molecule has 0 fully saturated rings. The number of methoxy groups -OCH3 is 2. The minimum absolute atomic E-state index is 0.0380. The maximum atomic E-state index is 12.5. The largest absolute Gasteiger partial charge is 0.493 e. The Hall–Kier alpha value is -2.82. The Morgan fingerprint density at radius 1 is 1.22 bits per heavy atom. The molecule has 1 aromatic carbocycles.